The molecule has 4 nitrogen and oxygen atoms in total. The molecule has 1 aliphatic rings. The molecule has 0 aromatic heterocycles. The van der Waals surface area contributed by atoms with Gasteiger partial charge in [0.25, 0.3) is 0 Å². The normalized spacial score (nSPS) is 16.1. The van der Waals surface area contributed by atoms with E-state index in [1.54, 1.807) is 28.6 Å². The Hall–Kier alpha value is -0.910. The van der Waals surface area contributed by atoms with Crippen LogP contribution in [0.1, 0.15) is 38.7 Å². The summed E-state index contributed by atoms with van der Waals surface area (Å²) in [7, 11) is -3.37. The highest BCUT2D eigenvalue weighted by atomic mass is 32.2. The van der Waals surface area contributed by atoms with Crippen LogP contribution in [-0.4, -0.2) is 25.3 Å². The molecule has 2 N–H and O–H groups in total. The molecule has 20 heavy (non-hydrogen) atoms. The van der Waals surface area contributed by atoms with E-state index in [-0.39, 0.29) is 6.04 Å². The molecule has 1 fully saturated rings. The average Bonchev–Trinajstić information content (AvgIpc) is 3.23. The second-order valence-electron chi connectivity index (χ2n) is 5.88. The van der Waals surface area contributed by atoms with E-state index in [9.17, 15) is 8.42 Å². The summed E-state index contributed by atoms with van der Waals surface area (Å²) in [6, 6.07) is 7.12. The molecule has 0 unspecified atom stereocenters. The molecular weight excluding hydrogens is 272 g/mol. The number of sulfonamides is 1. The van der Waals surface area contributed by atoms with E-state index in [2.05, 4.69) is 13.8 Å². The smallest absolute Gasteiger partial charge is 0.243 e. The Bertz CT molecular complexity index is 533. The molecule has 1 aromatic carbocycles. The van der Waals surface area contributed by atoms with Crippen LogP contribution in [-0.2, 0) is 16.6 Å². The van der Waals surface area contributed by atoms with Gasteiger partial charge in [0.2, 0.25) is 10.0 Å². The van der Waals surface area contributed by atoms with Gasteiger partial charge in [-0.15, -0.1) is 0 Å². The van der Waals surface area contributed by atoms with Gasteiger partial charge in [-0.1, -0.05) is 26.0 Å². The first kappa shape index (κ1) is 15.5. The lowest BCUT2D eigenvalue weighted by atomic mass is 10.1. The molecule has 0 atom stereocenters. The standard InChI is InChI=1S/C15H24N2O2S/c1-12(2)9-10-17(14-5-6-14)20(18,19)15-7-3-13(11-16)4-8-15/h3-4,7-8,12,14H,5-6,9-11,16H2,1-2H3. The zero-order valence-electron chi connectivity index (χ0n) is 12.2. The molecule has 2 rings (SSSR count). The van der Waals surface area contributed by atoms with Gasteiger partial charge < -0.3 is 5.73 Å². The lowest BCUT2D eigenvalue weighted by Gasteiger charge is -2.23. The average molecular weight is 296 g/mol. The van der Waals surface area contributed by atoms with E-state index in [4.69, 9.17) is 5.73 Å². The molecule has 5 heteroatoms. The van der Waals surface area contributed by atoms with Crippen LogP contribution in [0.3, 0.4) is 0 Å². The molecule has 0 bridgehead atoms. The number of rotatable bonds is 7. The first-order valence-electron chi connectivity index (χ1n) is 7.26. The first-order chi connectivity index (χ1) is 9.45. The van der Waals surface area contributed by atoms with E-state index < -0.39 is 10.0 Å². The quantitative estimate of drug-likeness (QED) is 0.840. The van der Waals surface area contributed by atoms with Crippen molar-refractivity contribution >= 4 is 10.0 Å². The number of nitrogens with two attached hydrogens (primary N) is 1. The van der Waals surface area contributed by atoms with Crippen molar-refractivity contribution in [1.82, 2.24) is 4.31 Å². The van der Waals surface area contributed by atoms with Crippen molar-refractivity contribution in [2.45, 2.75) is 50.6 Å². The van der Waals surface area contributed by atoms with Gasteiger partial charge in [0, 0.05) is 19.1 Å². The Morgan fingerprint density at radius 1 is 1.25 bits per heavy atom. The Kier molecular flexibility index (Phi) is 4.83. The van der Waals surface area contributed by atoms with Crippen LogP contribution < -0.4 is 5.73 Å². The van der Waals surface area contributed by atoms with Gasteiger partial charge in [-0.2, -0.15) is 4.31 Å². The minimum atomic E-state index is -3.37. The number of hydrogen-bond donors (Lipinski definition) is 1. The summed E-state index contributed by atoms with van der Waals surface area (Å²) in [5.41, 5.74) is 6.50. The maximum atomic E-state index is 12.7. The molecule has 0 aliphatic heterocycles. The Balaban J connectivity index is 2.20. The molecule has 0 spiro atoms. The van der Waals surface area contributed by atoms with Crippen LogP contribution in [0.25, 0.3) is 0 Å². The van der Waals surface area contributed by atoms with Crippen molar-refractivity contribution in [3.05, 3.63) is 29.8 Å². The summed E-state index contributed by atoms with van der Waals surface area (Å²) in [6.45, 7) is 5.28. The third kappa shape index (κ3) is 3.59. The maximum Gasteiger partial charge on any atom is 0.243 e. The summed E-state index contributed by atoms with van der Waals surface area (Å²) in [5.74, 6) is 0.506. The monoisotopic (exact) mass is 296 g/mol. The molecule has 0 heterocycles. The zero-order valence-corrected chi connectivity index (χ0v) is 13.1. The molecule has 1 aliphatic carbocycles. The molecular formula is C15H24N2O2S. The first-order valence-corrected chi connectivity index (χ1v) is 8.70. The SMILES string of the molecule is CC(C)CCN(C1CC1)S(=O)(=O)c1ccc(CN)cc1. The maximum absolute atomic E-state index is 12.7. The van der Waals surface area contributed by atoms with Crippen LogP contribution in [0.2, 0.25) is 0 Å². The van der Waals surface area contributed by atoms with Gasteiger partial charge in [0.05, 0.1) is 4.90 Å². The molecule has 0 radical (unpaired) electrons. The van der Waals surface area contributed by atoms with Gasteiger partial charge in [-0.3, -0.25) is 0 Å². The number of benzene rings is 1. The number of nitrogens with zero attached hydrogens (tertiary/aromatic N) is 1. The third-order valence-electron chi connectivity index (χ3n) is 3.65. The summed E-state index contributed by atoms with van der Waals surface area (Å²) >= 11 is 0. The second kappa shape index (κ2) is 6.24. The van der Waals surface area contributed by atoms with Gasteiger partial charge in [-0.05, 0) is 42.9 Å². The molecule has 1 saturated carbocycles. The van der Waals surface area contributed by atoms with Gasteiger partial charge in [-0.25, -0.2) is 8.42 Å². The van der Waals surface area contributed by atoms with Crippen molar-refractivity contribution < 1.29 is 8.42 Å². The molecule has 0 saturated heterocycles. The lowest BCUT2D eigenvalue weighted by Crippen LogP contribution is -2.34. The predicted molar refractivity (Wildman–Crippen MR) is 80.7 cm³/mol. The fourth-order valence-electron chi connectivity index (χ4n) is 2.18. The van der Waals surface area contributed by atoms with Gasteiger partial charge >= 0.3 is 0 Å². The topological polar surface area (TPSA) is 63.4 Å². The fourth-order valence-corrected chi connectivity index (χ4v) is 3.88. The number of hydrogen-bond acceptors (Lipinski definition) is 3. The Morgan fingerprint density at radius 3 is 2.30 bits per heavy atom. The van der Waals surface area contributed by atoms with Gasteiger partial charge in [0.1, 0.15) is 0 Å². The molecule has 1 aromatic rings. The van der Waals surface area contributed by atoms with Crippen molar-refractivity contribution in [2.75, 3.05) is 6.54 Å². The highest BCUT2D eigenvalue weighted by molar-refractivity contribution is 7.89. The largest absolute Gasteiger partial charge is 0.326 e. The van der Waals surface area contributed by atoms with E-state index >= 15 is 0 Å². The van der Waals surface area contributed by atoms with Crippen LogP contribution in [0.4, 0.5) is 0 Å². The minimum absolute atomic E-state index is 0.202. The van der Waals surface area contributed by atoms with Crippen molar-refractivity contribution in [3.8, 4) is 0 Å². The van der Waals surface area contributed by atoms with E-state index in [1.165, 1.54) is 0 Å². The Labute approximate surface area is 122 Å². The third-order valence-corrected chi connectivity index (χ3v) is 5.61. The highest BCUT2D eigenvalue weighted by Gasteiger charge is 2.37. The second-order valence-corrected chi connectivity index (χ2v) is 7.77. The molecule has 0 amide bonds. The highest BCUT2D eigenvalue weighted by Crippen LogP contribution is 2.32. The van der Waals surface area contributed by atoms with Crippen LogP contribution in [0.15, 0.2) is 29.2 Å². The van der Waals surface area contributed by atoms with Crippen LogP contribution in [0, 0.1) is 5.92 Å². The lowest BCUT2D eigenvalue weighted by molar-refractivity contribution is 0.373. The van der Waals surface area contributed by atoms with E-state index in [0.717, 1.165) is 24.8 Å². The van der Waals surface area contributed by atoms with E-state index in [1.807, 2.05) is 0 Å². The predicted octanol–water partition coefficient (Wildman–Crippen LogP) is 2.34. The van der Waals surface area contributed by atoms with Crippen molar-refractivity contribution in [3.63, 3.8) is 0 Å². The summed E-state index contributed by atoms with van der Waals surface area (Å²) < 4.78 is 27.1. The Morgan fingerprint density at radius 2 is 1.85 bits per heavy atom. The molecule has 112 valence electrons. The fraction of sp³-hybridized carbons (Fsp3) is 0.600. The van der Waals surface area contributed by atoms with E-state index in [0.29, 0.717) is 23.9 Å². The van der Waals surface area contributed by atoms with Crippen LogP contribution in [0.5, 0.6) is 0 Å². The summed E-state index contributed by atoms with van der Waals surface area (Å²) in [6.07, 6.45) is 2.87. The van der Waals surface area contributed by atoms with Crippen molar-refractivity contribution in [1.29, 1.82) is 0 Å². The van der Waals surface area contributed by atoms with Gasteiger partial charge in [0.15, 0.2) is 0 Å². The van der Waals surface area contributed by atoms with Crippen molar-refractivity contribution in [2.24, 2.45) is 11.7 Å². The van der Waals surface area contributed by atoms with Crippen LogP contribution >= 0.6 is 0 Å². The minimum Gasteiger partial charge on any atom is -0.326 e. The summed E-state index contributed by atoms with van der Waals surface area (Å²) in [5, 5.41) is 0. The summed E-state index contributed by atoms with van der Waals surface area (Å²) in [4.78, 5) is 0.380. The zero-order chi connectivity index (χ0) is 14.8.